The van der Waals surface area contributed by atoms with Gasteiger partial charge >= 0.3 is 0 Å². The number of aliphatic hydroxyl groups excluding tert-OH is 1. The van der Waals surface area contributed by atoms with Gasteiger partial charge < -0.3 is 10.4 Å². The number of amides is 1. The van der Waals surface area contributed by atoms with Gasteiger partial charge in [0.1, 0.15) is 6.61 Å². The van der Waals surface area contributed by atoms with Gasteiger partial charge in [0.2, 0.25) is 0 Å². The molecule has 0 saturated carbocycles. The van der Waals surface area contributed by atoms with E-state index in [9.17, 15) is 4.79 Å². The van der Waals surface area contributed by atoms with E-state index in [1.807, 2.05) is 26.0 Å². The smallest absolute Gasteiger partial charge is 0.251 e. The molecule has 1 aromatic carbocycles. The topological polar surface area (TPSA) is 49.3 Å². The molecule has 17 heavy (non-hydrogen) atoms. The molecule has 1 aromatic rings. The summed E-state index contributed by atoms with van der Waals surface area (Å²) < 4.78 is 0. The van der Waals surface area contributed by atoms with Crippen molar-refractivity contribution in [1.29, 1.82) is 0 Å². The second-order valence-corrected chi connectivity index (χ2v) is 3.80. The van der Waals surface area contributed by atoms with Gasteiger partial charge in [-0.1, -0.05) is 18.8 Å². The highest BCUT2D eigenvalue weighted by molar-refractivity contribution is 5.94. The Kier molecular flexibility index (Phi) is 5.25. The summed E-state index contributed by atoms with van der Waals surface area (Å²) in [5.74, 6) is 5.30. The molecule has 0 unspecified atom stereocenters. The Morgan fingerprint density at radius 3 is 2.82 bits per heavy atom. The van der Waals surface area contributed by atoms with E-state index in [4.69, 9.17) is 5.11 Å². The van der Waals surface area contributed by atoms with E-state index in [2.05, 4.69) is 17.2 Å². The third kappa shape index (κ3) is 4.29. The molecule has 0 spiro atoms. The van der Waals surface area contributed by atoms with Gasteiger partial charge in [0.05, 0.1) is 0 Å². The fraction of sp³-hybridized carbons (Fsp3) is 0.357. The van der Waals surface area contributed by atoms with E-state index in [-0.39, 0.29) is 12.5 Å². The molecule has 0 saturated heterocycles. The second kappa shape index (κ2) is 6.72. The fourth-order valence-corrected chi connectivity index (χ4v) is 1.47. The van der Waals surface area contributed by atoms with Crippen LogP contribution in [0, 0.1) is 18.8 Å². The number of hydrogen-bond acceptors (Lipinski definition) is 2. The summed E-state index contributed by atoms with van der Waals surface area (Å²) in [6, 6.07) is 5.45. The first-order valence-corrected chi connectivity index (χ1v) is 5.67. The minimum absolute atomic E-state index is 0.0809. The van der Waals surface area contributed by atoms with Crippen molar-refractivity contribution in [2.75, 3.05) is 13.2 Å². The molecule has 0 heterocycles. The number of nitrogens with one attached hydrogen (secondary N) is 1. The quantitative estimate of drug-likeness (QED) is 0.774. The van der Waals surface area contributed by atoms with Crippen LogP contribution in [0.4, 0.5) is 0 Å². The predicted octanol–water partition coefficient (Wildman–Crippen LogP) is 1.48. The summed E-state index contributed by atoms with van der Waals surface area (Å²) in [6.07, 6.45) is 0.911. The third-order valence-corrected chi connectivity index (χ3v) is 2.19. The molecule has 3 nitrogen and oxygen atoms in total. The zero-order valence-electron chi connectivity index (χ0n) is 10.2. The monoisotopic (exact) mass is 231 g/mol. The highest BCUT2D eigenvalue weighted by Gasteiger charge is 2.05. The number of aryl methyl sites for hydroxylation is 1. The van der Waals surface area contributed by atoms with Crippen LogP contribution in [0.25, 0.3) is 0 Å². The molecular weight excluding hydrogens is 214 g/mol. The van der Waals surface area contributed by atoms with E-state index in [0.717, 1.165) is 17.5 Å². The summed E-state index contributed by atoms with van der Waals surface area (Å²) in [7, 11) is 0. The maximum Gasteiger partial charge on any atom is 0.251 e. The van der Waals surface area contributed by atoms with Gasteiger partial charge in [-0.15, -0.1) is 0 Å². The van der Waals surface area contributed by atoms with Crippen LogP contribution in [0.3, 0.4) is 0 Å². The minimum Gasteiger partial charge on any atom is -0.384 e. The Balaban J connectivity index is 2.92. The Morgan fingerprint density at radius 2 is 2.18 bits per heavy atom. The van der Waals surface area contributed by atoms with Crippen molar-refractivity contribution < 1.29 is 9.90 Å². The van der Waals surface area contributed by atoms with Gasteiger partial charge in [0.25, 0.3) is 5.91 Å². The molecule has 90 valence electrons. The van der Waals surface area contributed by atoms with Gasteiger partial charge in [0.15, 0.2) is 0 Å². The lowest BCUT2D eigenvalue weighted by atomic mass is 10.1. The maximum atomic E-state index is 11.8. The molecule has 0 bridgehead atoms. The molecule has 0 atom stereocenters. The first-order chi connectivity index (χ1) is 8.17. The van der Waals surface area contributed by atoms with Gasteiger partial charge in [0, 0.05) is 17.7 Å². The standard InChI is InChI=1S/C14H17NO2/c1-3-6-15-14(17)13-9-11(2)8-12(10-13)5-4-7-16/h8-10,16H,3,6-7H2,1-2H3,(H,15,17). The molecule has 0 aliphatic heterocycles. The molecule has 0 aliphatic carbocycles. The van der Waals surface area contributed by atoms with Crippen LogP contribution in [0.1, 0.15) is 34.8 Å². The van der Waals surface area contributed by atoms with Crippen LogP contribution in [0.2, 0.25) is 0 Å². The van der Waals surface area contributed by atoms with Crippen molar-refractivity contribution >= 4 is 5.91 Å². The highest BCUT2D eigenvalue weighted by Crippen LogP contribution is 2.09. The molecule has 3 heteroatoms. The Hall–Kier alpha value is -1.79. The van der Waals surface area contributed by atoms with Crippen LogP contribution >= 0.6 is 0 Å². The Bertz CT molecular complexity index is 455. The first kappa shape index (κ1) is 13.3. The third-order valence-electron chi connectivity index (χ3n) is 2.19. The number of carbonyl (C=O) groups excluding carboxylic acids is 1. The van der Waals surface area contributed by atoms with E-state index in [1.54, 1.807) is 6.07 Å². The van der Waals surface area contributed by atoms with E-state index in [1.165, 1.54) is 0 Å². The predicted molar refractivity (Wildman–Crippen MR) is 67.8 cm³/mol. The summed E-state index contributed by atoms with van der Waals surface area (Å²) in [4.78, 5) is 11.8. The number of carbonyl (C=O) groups is 1. The average Bonchev–Trinajstić information content (AvgIpc) is 2.32. The van der Waals surface area contributed by atoms with Gasteiger partial charge in [-0.05, 0) is 37.1 Å². The number of benzene rings is 1. The van der Waals surface area contributed by atoms with Crippen LogP contribution in [-0.2, 0) is 0 Å². The molecule has 0 fully saturated rings. The van der Waals surface area contributed by atoms with Crippen LogP contribution in [0.5, 0.6) is 0 Å². The fourth-order valence-electron chi connectivity index (χ4n) is 1.47. The molecular formula is C14H17NO2. The molecule has 1 amide bonds. The second-order valence-electron chi connectivity index (χ2n) is 3.80. The summed E-state index contributed by atoms with van der Waals surface area (Å²) in [5.41, 5.74) is 2.35. The van der Waals surface area contributed by atoms with E-state index >= 15 is 0 Å². The lowest BCUT2D eigenvalue weighted by molar-refractivity contribution is 0.0953. The maximum absolute atomic E-state index is 11.8. The molecule has 0 aromatic heterocycles. The van der Waals surface area contributed by atoms with E-state index < -0.39 is 0 Å². The van der Waals surface area contributed by atoms with Gasteiger partial charge in [-0.2, -0.15) is 0 Å². The summed E-state index contributed by atoms with van der Waals surface area (Å²) in [6.45, 7) is 4.42. The van der Waals surface area contributed by atoms with Crippen LogP contribution in [0.15, 0.2) is 18.2 Å². The van der Waals surface area contributed by atoms with Crippen molar-refractivity contribution in [3.05, 3.63) is 34.9 Å². The lowest BCUT2D eigenvalue weighted by Gasteiger charge is -2.05. The SMILES string of the molecule is CCCNC(=O)c1cc(C)cc(C#CCO)c1. The van der Waals surface area contributed by atoms with Crippen molar-refractivity contribution in [3.63, 3.8) is 0 Å². The number of rotatable bonds is 3. The zero-order chi connectivity index (χ0) is 12.7. The number of aliphatic hydroxyl groups is 1. The van der Waals surface area contributed by atoms with E-state index in [0.29, 0.717) is 12.1 Å². The van der Waals surface area contributed by atoms with Gasteiger partial charge in [-0.3, -0.25) is 4.79 Å². The summed E-state index contributed by atoms with van der Waals surface area (Å²) in [5, 5.41) is 11.5. The number of hydrogen-bond donors (Lipinski definition) is 2. The van der Waals surface area contributed by atoms with Crippen molar-refractivity contribution in [3.8, 4) is 11.8 Å². The van der Waals surface area contributed by atoms with Crippen LogP contribution in [-0.4, -0.2) is 24.2 Å². The molecule has 0 aliphatic rings. The molecule has 1 rings (SSSR count). The molecule has 2 N–H and O–H groups in total. The van der Waals surface area contributed by atoms with Crippen molar-refractivity contribution in [1.82, 2.24) is 5.32 Å². The van der Waals surface area contributed by atoms with Crippen molar-refractivity contribution in [2.24, 2.45) is 0 Å². The average molecular weight is 231 g/mol. The van der Waals surface area contributed by atoms with Crippen molar-refractivity contribution in [2.45, 2.75) is 20.3 Å². The van der Waals surface area contributed by atoms with Crippen LogP contribution < -0.4 is 5.32 Å². The summed E-state index contributed by atoms with van der Waals surface area (Å²) >= 11 is 0. The normalized spacial score (nSPS) is 9.35. The Morgan fingerprint density at radius 1 is 1.41 bits per heavy atom. The first-order valence-electron chi connectivity index (χ1n) is 5.67. The zero-order valence-corrected chi connectivity index (χ0v) is 10.2. The Labute approximate surface area is 102 Å². The largest absolute Gasteiger partial charge is 0.384 e. The van der Waals surface area contributed by atoms with Gasteiger partial charge in [-0.25, -0.2) is 0 Å². The molecule has 0 radical (unpaired) electrons. The minimum atomic E-state index is -0.175. The lowest BCUT2D eigenvalue weighted by Crippen LogP contribution is -2.24. The highest BCUT2D eigenvalue weighted by atomic mass is 16.2.